The van der Waals surface area contributed by atoms with E-state index in [1.807, 2.05) is 24.3 Å². The van der Waals surface area contributed by atoms with Crippen molar-refractivity contribution in [3.63, 3.8) is 0 Å². The Morgan fingerprint density at radius 2 is 2.00 bits per heavy atom. The van der Waals surface area contributed by atoms with Crippen LogP contribution < -0.4 is 10.5 Å². The molecular weight excluding hydrogens is 178 g/mol. The topological polar surface area (TPSA) is 55.5 Å². The number of ether oxygens (including phenoxy) is 1. The van der Waals surface area contributed by atoms with E-state index in [2.05, 4.69) is 0 Å². The zero-order chi connectivity index (χ0) is 10.4. The lowest BCUT2D eigenvalue weighted by Gasteiger charge is -2.07. The van der Waals surface area contributed by atoms with Gasteiger partial charge in [-0.3, -0.25) is 0 Å². The third kappa shape index (κ3) is 3.77. The number of rotatable bonds is 5. The average molecular weight is 195 g/mol. The van der Waals surface area contributed by atoms with Gasteiger partial charge in [-0.25, -0.2) is 0 Å². The Labute approximate surface area is 84.5 Å². The Morgan fingerprint density at radius 1 is 1.36 bits per heavy atom. The van der Waals surface area contributed by atoms with E-state index in [-0.39, 0.29) is 6.10 Å². The molecule has 0 radical (unpaired) electrons. The van der Waals surface area contributed by atoms with E-state index < -0.39 is 0 Å². The van der Waals surface area contributed by atoms with E-state index in [4.69, 9.17) is 15.6 Å². The lowest BCUT2D eigenvalue weighted by atomic mass is 10.2. The van der Waals surface area contributed by atoms with Crippen LogP contribution in [0, 0.1) is 0 Å². The van der Waals surface area contributed by atoms with Gasteiger partial charge in [0.05, 0.1) is 12.7 Å². The molecule has 1 aromatic rings. The molecule has 0 heterocycles. The number of nitrogens with two attached hydrogens (primary N) is 1. The van der Waals surface area contributed by atoms with Crippen molar-refractivity contribution in [2.45, 2.75) is 26.0 Å². The van der Waals surface area contributed by atoms with Crippen molar-refractivity contribution in [3.8, 4) is 5.75 Å². The molecule has 1 rings (SSSR count). The minimum Gasteiger partial charge on any atom is -0.493 e. The third-order valence-corrected chi connectivity index (χ3v) is 1.96. The van der Waals surface area contributed by atoms with Gasteiger partial charge in [-0.2, -0.15) is 0 Å². The Hall–Kier alpha value is -1.06. The van der Waals surface area contributed by atoms with Crippen LogP contribution in [0.2, 0.25) is 0 Å². The molecule has 0 saturated heterocycles. The molecule has 0 aliphatic rings. The summed E-state index contributed by atoms with van der Waals surface area (Å²) >= 11 is 0. The van der Waals surface area contributed by atoms with E-state index >= 15 is 0 Å². The second-order valence-electron chi connectivity index (χ2n) is 3.33. The third-order valence-electron chi connectivity index (χ3n) is 1.96. The van der Waals surface area contributed by atoms with Gasteiger partial charge in [-0.1, -0.05) is 12.1 Å². The predicted octanol–water partition coefficient (Wildman–Crippen LogP) is 1.29. The standard InChI is InChI=1S/C11H17NO2/c1-9(13)6-7-14-11-4-2-10(8-12)3-5-11/h2-5,9,13H,6-8,12H2,1H3. The van der Waals surface area contributed by atoms with E-state index in [0.717, 1.165) is 11.3 Å². The van der Waals surface area contributed by atoms with Gasteiger partial charge >= 0.3 is 0 Å². The maximum absolute atomic E-state index is 9.02. The van der Waals surface area contributed by atoms with Crippen LogP contribution in [0.4, 0.5) is 0 Å². The number of hydrogen-bond acceptors (Lipinski definition) is 3. The highest BCUT2D eigenvalue weighted by atomic mass is 16.5. The molecule has 0 amide bonds. The van der Waals surface area contributed by atoms with E-state index in [0.29, 0.717) is 19.6 Å². The molecule has 1 atom stereocenters. The number of benzene rings is 1. The fourth-order valence-electron chi connectivity index (χ4n) is 1.07. The summed E-state index contributed by atoms with van der Waals surface area (Å²) in [6.07, 6.45) is 0.344. The zero-order valence-corrected chi connectivity index (χ0v) is 8.44. The van der Waals surface area contributed by atoms with Gasteiger partial charge in [0.2, 0.25) is 0 Å². The lowest BCUT2D eigenvalue weighted by Crippen LogP contribution is -2.07. The number of hydrogen-bond donors (Lipinski definition) is 2. The maximum Gasteiger partial charge on any atom is 0.119 e. The van der Waals surface area contributed by atoms with Gasteiger partial charge in [-0.05, 0) is 24.6 Å². The summed E-state index contributed by atoms with van der Waals surface area (Å²) in [4.78, 5) is 0. The second-order valence-corrected chi connectivity index (χ2v) is 3.33. The Balaban J connectivity index is 2.36. The molecule has 78 valence electrons. The van der Waals surface area contributed by atoms with Gasteiger partial charge in [0, 0.05) is 13.0 Å². The van der Waals surface area contributed by atoms with Crippen LogP contribution >= 0.6 is 0 Å². The van der Waals surface area contributed by atoms with Crippen LogP contribution in [-0.2, 0) is 6.54 Å². The van der Waals surface area contributed by atoms with Crippen molar-refractivity contribution in [1.29, 1.82) is 0 Å². The van der Waals surface area contributed by atoms with E-state index in [9.17, 15) is 0 Å². The van der Waals surface area contributed by atoms with Crippen molar-refractivity contribution < 1.29 is 9.84 Å². The fourth-order valence-corrected chi connectivity index (χ4v) is 1.07. The summed E-state index contributed by atoms with van der Waals surface area (Å²) in [6, 6.07) is 7.67. The van der Waals surface area contributed by atoms with E-state index in [1.165, 1.54) is 0 Å². The fraction of sp³-hybridized carbons (Fsp3) is 0.455. The van der Waals surface area contributed by atoms with Crippen molar-refractivity contribution in [3.05, 3.63) is 29.8 Å². The zero-order valence-electron chi connectivity index (χ0n) is 8.44. The van der Waals surface area contributed by atoms with Crippen LogP contribution in [-0.4, -0.2) is 17.8 Å². The summed E-state index contributed by atoms with van der Waals surface area (Å²) in [5, 5.41) is 9.02. The normalized spacial score (nSPS) is 12.5. The van der Waals surface area contributed by atoms with Crippen LogP contribution in [0.15, 0.2) is 24.3 Å². The monoisotopic (exact) mass is 195 g/mol. The highest BCUT2D eigenvalue weighted by Gasteiger charge is 1.97. The van der Waals surface area contributed by atoms with Gasteiger partial charge in [-0.15, -0.1) is 0 Å². The maximum atomic E-state index is 9.02. The molecular formula is C11H17NO2. The molecule has 1 aromatic carbocycles. The van der Waals surface area contributed by atoms with Crippen molar-refractivity contribution in [2.75, 3.05) is 6.61 Å². The highest BCUT2D eigenvalue weighted by Crippen LogP contribution is 2.12. The molecule has 0 saturated carbocycles. The summed E-state index contributed by atoms with van der Waals surface area (Å²) in [6.45, 7) is 2.84. The summed E-state index contributed by atoms with van der Waals surface area (Å²) in [5.74, 6) is 0.822. The quantitative estimate of drug-likeness (QED) is 0.744. The molecule has 0 aliphatic carbocycles. The van der Waals surface area contributed by atoms with Crippen LogP contribution in [0.25, 0.3) is 0 Å². The average Bonchev–Trinajstić information content (AvgIpc) is 2.18. The summed E-state index contributed by atoms with van der Waals surface area (Å²) < 4.78 is 5.42. The first kappa shape index (κ1) is 11.0. The van der Waals surface area contributed by atoms with Crippen molar-refractivity contribution in [1.82, 2.24) is 0 Å². The lowest BCUT2D eigenvalue weighted by molar-refractivity contribution is 0.155. The molecule has 0 aromatic heterocycles. The molecule has 0 fully saturated rings. The molecule has 0 spiro atoms. The Bertz CT molecular complexity index is 256. The Morgan fingerprint density at radius 3 is 2.50 bits per heavy atom. The minimum absolute atomic E-state index is 0.307. The van der Waals surface area contributed by atoms with Gasteiger partial charge in [0.25, 0.3) is 0 Å². The predicted molar refractivity (Wildman–Crippen MR) is 56.1 cm³/mol. The number of aliphatic hydroxyl groups is 1. The molecule has 0 aliphatic heterocycles. The SMILES string of the molecule is CC(O)CCOc1ccc(CN)cc1. The highest BCUT2D eigenvalue weighted by molar-refractivity contribution is 5.26. The van der Waals surface area contributed by atoms with Crippen LogP contribution in [0.5, 0.6) is 5.75 Å². The first-order chi connectivity index (χ1) is 6.72. The summed E-state index contributed by atoms with van der Waals surface area (Å²) in [7, 11) is 0. The first-order valence-corrected chi connectivity index (χ1v) is 4.82. The molecule has 1 unspecified atom stereocenters. The van der Waals surface area contributed by atoms with Gasteiger partial charge < -0.3 is 15.6 Å². The largest absolute Gasteiger partial charge is 0.493 e. The van der Waals surface area contributed by atoms with Crippen LogP contribution in [0.3, 0.4) is 0 Å². The molecule has 3 nitrogen and oxygen atoms in total. The van der Waals surface area contributed by atoms with Gasteiger partial charge in [0.1, 0.15) is 5.75 Å². The molecule has 3 heteroatoms. The Kier molecular flexibility index (Phi) is 4.43. The molecule has 3 N–H and O–H groups in total. The minimum atomic E-state index is -0.307. The number of aliphatic hydroxyl groups excluding tert-OH is 1. The van der Waals surface area contributed by atoms with Crippen LogP contribution in [0.1, 0.15) is 18.9 Å². The summed E-state index contributed by atoms with van der Waals surface area (Å²) in [5.41, 5.74) is 6.56. The van der Waals surface area contributed by atoms with Crippen molar-refractivity contribution in [2.24, 2.45) is 5.73 Å². The molecule has 14 heavy (non-hydrogen) atoms. The second kappa shape index (κ2) is 5.62. The molecule has 0 bridgehead atoms. The van der Waals surface area contributed by atoms with Gasteiger partial charge in [0.15, 0.2) is 0 Å². The van der Waals surface area contributed by atoms with E-state index in [1.54, 1.807) is 6.92 Å². The van der Waals surface area contributed by atoms with Crippen molar-refractivity contribution >= 4 is 0 Å². The smallest absolute Gasteiger partial charge is 0.119 e. The first-order valence-electron chi connectivity index (χ1n) is 4.82.